The molecule has 3 N–H and O–H groups in total. The van der Waals surface area contributed by atoms with Gasteiger partial charge in [-0.15, -0.1) is 0 Å². The molecule has 0 aromatic carbocycles. The standard InChI is InChI=1S/C10H18N4O7S/c1-5(15)13-7-9(21-22(3,17)18)8(16)6(4-12-14-11)20-10(7)19-2/h6-11,16H,4H2,1-3H3/p+1/t6?,7?,8?,9-,10?/m1/s1. The zero-order valence-electron chi connectivity index (χ0n) is 12.3. The smallest absolute Gasteiger partial charge is 0.264 e. The number of aliphatic hydroxyl groups is 1. The maximum Gasteiger partial charge on any atom is 0.264 e. The monoisotopic (exact) mass is 339 g/mol. The molecule has 0 bridgehead atoms. The summed E-state index contributed by atoms with van der Waals surface area (Å²) in [6, 6.07) is -1.04. The lowest BCUT2D eigenvalue weighted by Crippen LogP contribution is -2.65. The van der Waals surface area contributed by atoms with Gasteiger partial charge in [-0.1, -0.05) is 0 Å². The third-order valence-electron chi connectivity index (χ3n) is 2.89. The number of carbonyl (C=O) groups is 1. The van der Waals surface area contributed by atoms with Gasteiger partial charge in [-0.3, -0.25) is 8.98 Å². The van der Waals surface area contributed by atoms with Gasteiger partial charge in [0.1, 0.15) is 35.0 Å². The van der Waals surface area contributed by atoms with E-state index in [4.69, 9.17) is 19.2 Å². The lowest BCUT2D eigenvalue weighted by Gasteiger charge is -2.42. The molecule has 5 atom stereocenters. The summed E-state index contributed by atoms with van der Waals surface area (Å²) < 4.78 is 38.1. The van der Waals surface area contributed by atoms with Crippen molar-refractivity contribution in [3.63, 3.8) is 0 Å². The van der Waals surface area contributed by atoms with Crippen molar-refractivity contribution in [1.29, 1.82) is 5.53 Å². The molecule has 0 aromatic heterocycles. The Balaban J connectivity index is 3.11. The third kappa shape index (κ3) is 5.09. The fourth-order valence-electron chi connectivity index (χ4n) is 2.09. The fraction of sp³-hybridized carbons (Fsp3) is 0.900. The molecule has 1 saturated heterocycles. The van der Waals surface area contributed by atoms with Crippen LogP contribution in [-0.4, -0.2) is 70.0 Å². The van der Waals surface area contributed by atoms with Gasteiger partial charge in [0.15, 0.2) is 12.8 Å². The number of carbonyl (C=O) groups excluding carboxylic acids is 1. The van der Waals surface area contributed by atoms with Gasteiger partial charge in [0.25, 0.3) is 10.1 Å². The molecule has 1 aliphatic heterocycles. The predicted octanol–water partition coefficient (Wildman–Crippen LogP) is -1.88. The van der Waals surface area contributed by atoms with Crippen LogP contribution in [0.3, 0.4) is 0 Å². The molecule has 12 heteroatoms. The van der Waals surface area contributed by atoms with Crippen molar-refractivity contribution in [3.8, 4) is 0 Å². The van der Waals surface area contributed by atoms with Crippen LogP contribution in [0.25, 0.3) is 0 Å². The second-order valence-corrected chi connectivity index (χ2v) is 6.29. The van der Waals surface area contributed by atoms with E-state index in [9.17, 15) is 18.3 Å². The molecule has 0 aromatic rings. The molecule has 1 fully saturated rings. The number of ether oxygens (including phenoxy) is 2. The van der Waals surface area contributed by atoms with E-state index in [1.807, 2.05) is 0 Å². The van der Waals surface area contributed by atoms with E-state index >= 15 is 0 Å². The molecule has 0 radical (unpaired) electrons. The number of aliphatic hydroxyl groups excluding tert-OH is 1. The molecule has 126 valence electrons. The zero-order valence-corrected chi connectivity index (χ0v) is 13.1. The Labute approximate surface area is 127 Å². The van der Waals surface area contributed by atoms with Gasteiger partial charge < -0.3 is 19.9 Å². The average Bonchev–Trinajstić information content (AvgIpc) is 2.40. The minimum atomic E-state index is -3.91. The summed E-state index contributed by atoms with van der Waals surface area (Å²) in [6.07, 6.45) is -4.01. The van der Waals surface area contributed by atoms with E-state index in [2.05, 4.69) is 15.3 Å². The normalized spacial score (nSPS) is 32.1. The van der Waals surface area contributed by atoms with Crippen molar-refractivity contribution in [1.82, 2.24) is 10.2 Å². The second-order valence-electron chi connectivity index (χ2n) is 4.68. The first-order valence-electron chi connectivity index (χ1n) is 6.24. The number of hydrogen-bond donors (Lipinski definition) is 3. The minimum absolute atomic E-state index is 0.194. The topological polar surface area (TPSA) is 161 Å². The number of nitrogens with one attached hydrogen (secondary N) is 2. The van der Waals surface area contributed by atoms with Crippen LogP contribution in [0.15, 0.2) is 5.11 Å². The predicted molar refractivity (Wildman–Crippen MR) is 71.1 cm³/mol. The molecule has 1 amide bonds. The highest BCUT2D eigenvalue weighted by Crippen LogP contribution is 2.25. The largest absolute Gasteiger partial charge is 0.387 e. The van der Waals surface area contributed by atoms with Gasteiger partial charge in [-0.2, -0.15) is 8.42 Å². The molecule has 0 saturated carbocycles. The van der Waals surface area contributed by atoms with Gasteiger partial charge in [0.2, 0.25) is 10.8 Å². The molecular weight excluding hydrogens is 320 g/mol. The van der Waals surface area contributed by atoms with Crippen molar-refractivity contribution in [2.45, 2.75) is 37.6 Å². The SMILES string of the molecule is COC1OC(CN=[N+]=N)C(O)[C@H](OS(C)(=O)=O)C1NC(C)=O. The van der Waals surface area contributed by atoms with E-state index in [1.165, 1.54) is 14.0 Å². The Kier molecular flexibility index (Phi) is 6.53. The van der Waals surface area contributed by atoms with E-state index < -0.39 is 46.7 Å². The molecule has 1 aliphatic rings. The maximum atomic E-state index is 11.4. The lowest BCUT2D eigenvalue weighted by molar-refractivity contribution is -0.249. The summed E-state index contributed by atoms with van der Waals surface area (Å²) in [5, 5.41) is 16.1. The van der Waals surface area contributed by atoms with Crippen LogP contribution in [0.1, 0.15) is 6.92 Å². The highest BCUT2D eigenvalue weighted by molar-refractivity contribution is 7.86. The molecule has 0 aliphatic carbocycles. The summed E-state index contributed by atoms with van der Waals surface area (Å²) in [6.45, 7) is 1.03. The zero-order chi connectivity index (χ0) is 16.9. The van der Waals surface area contributed by atoms with Crippen LogP contribution in [0, 0.1) is 5.53 Å². The highest BCUT2D eigenvalue weighted by Gasteiger charge is 2.48. The summed E-state index contributed by atoms with van der Waals surface area (Å²) in [5.41, 5.74) is 6.61. The molecule has 22 heavy (non-hydrogen) atoms. The number of hydrogen-bond acceptors (Lipinski definition) is 9. The van der Waals surface area contributed by atoms with Crippen LogP contribution >= 0.6 is 0 Å². The van der Waals surface area contributed by atoms with E-state index in [0.29, 0.717) is 0 Å². The van der Waals surface area contributed by atoms with Gasteiger partial charge in [-0.25, -0.2) is 0 Å². The molecule has 4 unspecified atom stereocenters. The third-order valence-corrected chi connectivity index (χ3v) is 3.47. The molecule has 1 rings (SSSR count). The fourth-order valence-corrected chi connectivity index (χ4v) is 2.73. The van der Waals surface area contributed by atoms with Crippen molar-refractivity contribution >= 4 is 16.0 Å². The van der Waals surface area contributed by atoms with Gasteiger partial charge in [-0.05, 0) is 0 Å². The number of rotatable bonds is 6. The first-order chi connectivity index (χ1) is 10.2. The Hall–Kier alpha value is -1.43. The van der Waals surface area contributed by atoms with Crippen LogP contribution < -0.4 is 10.2 Å². The first kappa shape index (κ1) is 18.6. The van der Waals surface area contributed by atoms with Crippen molar-refractivity contribution < 1.29 is 32.0 Å². The van der Waals surface area contributed by atoms with Gasteiger partial charge in [0, 0.05) is 14.0 Å². The van der Waals surface area contributed by atoms with Crippen LogP contribution in [0.4, 0.5) is 0 Å². The minimum Gasteiger partial charge on any atom is -0.387 e. The van der Waals surface area contributed by atoms with Crippen LogP contribution in [0.5, 0.6) is 0 Å². The Morgan fingerprint density at radius 2 is 2.18 bits per heavy atom. The second kappa shape index (κ2) is 7.72. The van der Waals surface area contributed by atoms with E-state index in [1.54, 1.807) is 0 Å². The van der Waals surface area contributed by atoms with Crippen LogP contribution in [-0.2, 0) is 28.6 Å². The first-order valence-corrected chi connectivity index (χ1v) is 8.06. The molecule has 1 heterocycles. The van der Waals surface area contributed by atoms with E-state index in [-0.39, 0.29) is 6.54 Å². The van der Waals surface area contributed by atoms with Gasteiger partial charge in [0.05, 0.1) is 6.26 Å². The highest BCUT2D eigenvalue weighted by atomic mass is 32.2. The number of amides is 1. The maximum absolute atomic E-state index is 11.4. The number of nitrogens with zero attached hydrogens (tertiary/aromatic N) is 2. The number of methoxy groups -OCH3 is 1. The summed E-state index contributed by atoms with van der Waals surface area (Å²) in [4.78, 5) is 14.1. The van der Waals surface area contributed by atoms with Crippen molar-refractivity contribution in [2.24, 2.45) is 5.11 Å². The lowest BCUT2D eigenvalue weighted by atomic mass is 9.96. The van der Waals surface area contributed by atoms with Crippen molar-refractivity contribution in [2.75, 3.05) is 19.9 Å². The molecular formula is C10H19N4O7S+. The molecule has 11 nitrogen and oxygen atoms in total. The van der Waals surface area contributed by atoms with Crippen molar-refractivity contribution in [3.05, 3.63) is 0 Å². The average molecular weight is 339 g/mol. The Morgan fingerprint density at radius 1 is 1.55 bits per heavy atom. The summed E-state index contributed by atoms with van der Waals surface area (Å²) in [7, 11) is -2.63. The van der Waals surface area contributed by atoms with Crippen LogP contribution in [0.2, 0.25) is 0 Å². The molecule has 0 spiro atoms. The Bertz CT molecular complexity index is 547. The van der Waals surface area contributed by atoms with Gasteiger partial charge >= 0.3 is 0 Å². The summed E-state index contributed by atoms with van der Waals surface area (Å²) in [5.74, 6) is -0.478. The van der Waals surface area contributed by atoms with E-state index in [0.717, 1.165) is 6.26 Å². The Morgan fingerprint density at radius 3 is 2.64 bits per heavy atom. The summed E-state index contributed by atoms with van der Waals surface area (Å²) >= 11 is 0. The quantitative estimate of drug-likeness (QED) is 0.290.